The van der Waals surface area contributed by atoms with Crippen molar-refractivity contribution < 1.29 is 4.79 Å². The van der Waals surface area contributed by atoms with Crippen molar-refractivity contribution in [3.05, 3.63) is 23.8 Å². The van der Waals surface area contributed by atoms with Gasteiger partial charge in [0.05, 0.1) is 11.3 Å². The fraction of sp³-hybridized carbons (Fsp3) is 0.588. The Balaban J connectivity index is 2.28. The second kappa shape index (κ2) is 6.37. The van der Waals surface area contributed by atoms with Crippen molar-refractivity contribution in [2.45, 2.75) is 38.6 Å². The summed E-state index contributed by atoms with van der Waals surface area (Å²) in [5.41, 5.74) is 8.33. The van der Waals surface area contributed by atoms with E-state index in [2.05, 4.69) is 18.9 Å². The number of hydrogen-bond acceptors (Lipinski definition) is 3. The fourth-order valence-electron chi connectivity index (χ4n) is 3.09. The van der Waals surface area contributed by atoms with Crippen LogP contribution in [0.25, 0.3) is 0 Å². The number of benzene rings is 1. The first-order chi connectivity index (χ1) is 9.90. The minimum Gasteiger partial charge on any atom is -0.399 e. The van der Waals surface area contributed by atoms with E-state index in [1.165, 1.54) is 25.7 Å². The minimum absolute atomic E-state index is 0.0287. The maximum atomic E-state index is 12.4. The lowest BCUT2D eigenvalue weighted by Crippen LogP contribution is -2.36. The molecule has 0 bridgehead atoms. The van der Waals surface area contributed by atoms with Crippen molar-refractivity contribution in [1.82, 2.24) is 4.90 Å². The third kappa shape index (κ3) is 3.49. The fourth-order valence-corrected chi connectivity index (χ4v) is 3.09. The standard InChI is InChI=1S/C17H27N3O/c1-12-5-8-14(9-6-12)20(4)16-11-13(18)7-10-15(16)17(21)19(2)3/h7,10-12,14H,5-6,8-9,18H2,1-4H3. The van der Waals surface area contributed by atoms with E-state index >= 15 is 0 Å². The van der Waals surface area contributed by atoms with Gasteiger partial charge in [0, 0.05) is 32.9 Å². The molecule has 0 aliphatic heterocycles. The second-order valence-electron chi connectivity index (χ2n) is 6.50. The van der Waals surface area contributed by atoms with Crippen LogP contribution in [0.1, 0.15) is 43.0 Å². The molecule has 0 spiro atoms. The molecule has 4 nitrogen and oxygen atoms in total. The number of anilines is 2. The topological polar surface area (TPSA) is 49.6 Å². The Kier molecular flexibility index (Phi) is 4.76. The highest BCUT2D eigenvalue weighted by atomic mass is 16.2. The summed E-state index contributed by atoms with van der Waals surface area (Å²) in [6.45, 7) is 2.32. The van der Waals surface area contributed by atoms with Gasteiger partial charge in [0.25, 0.3) is 5.91 Å². The quantitative estimate of drug-likeness (QED) is 0.870. The highest BCUT2D eigenvalue weighted by molar-refractivity contribution is 6.00. The molecule has 1 saturated carbocycles. The van der Waals surface area contributed by atoms with E-state index in [4.69, 9.17) is 5.73 Å². The van der Waals surface area contributed by atoms with Crippen molar-refractivity contribution in [3.8, 4) is 0 Å². The van der Waals surface area contributed by atoms with Crippen molar-refractivity contribution >= 4 is 17.3 Å². The lowest BCUT2D eigenvalue weighted by molar-refractivity contribution is 0.0828. The first-order valence-corrected chi connectivity index (χ1v) is 7.74. The number of hydrogen-bond donors (Lipinski definition) is 1. The summed E-state index contributed by atoms with van der Waals surface area (Å²) in [7, 11) is 5.65. The monoisotopic (exact) mass is 289 g/mol. The minimum atomic E-state index is 0.0287. The molecular weight excluding hydrogens is 262 g/mol. The zero-order valence-electron chi connectivity index (χ0n) is 13.6. The molecule has 0 saturated heterocycles. The van der Waals surface area contributed by atoms with Crippen LogP contribution in [0.5, 0.6) is 0 Å². The van der Waals surface area contributed by atoms with Crippen LogP contribution in [0.15, 0.2) is 18.2 Å². The molecule has 21 heavy (non-hydrogen) atoms. The SMILES string of the molecule is CC1CCC(N(C)c2cc(N)ccc2C(=O)N(C)C)CC1. The second-order valence-corrected chi connectivity index (χ2v) is 6.50. The van der Waals surface area contributed by atoms with Crippen LogP contribution in [-0.2, 0) is 0 Å². The van der Waals surface area contributed by atoms with Gasteiger partial charge in [0.1, 0.15) is 0 Å². The average Bonchev–Trinajstić information content (AvgIpc) is 2.46. The Morgan fingerprint density at radius 3 is 2.33 bits per heavy atom. The predicted octanol–water partition coefficient (Wildman–Crippen LogP) is 2.99. The summed E-state index contributed by atoms with van der Waals surface area (Å²) in [6.07, 6.45) is 4.88. The predicted molar refractivity (Wildman–Crippen MR) is 88.7 cm³/mol. The van der Waals surface area contributed by atoms with Gasteiger partial charge in [0.2, 0.25) is 0 Å². The van der Waals surface area contributed by atoms with E-state index in [-0.39, 0.29) is 5.91 Å². The molecule has 1 fully saturated rings. The average molecular weight is 289 g/mol. The molecule has 0 heterocycles. The molecule has 0 unspecified atom stereocenters. The largest absolute Gasteiger partial charge is 0.399 e. The number of carbonyl (C=O) groups excluding carboxylic acids is 1. The lowest BCUT2D eigenvalue weighted by atomic mass is 9.86. The van der Waals surface area contributed by atoms with E-state index in [1.54, 1.807) is 25.1 Å². The van der Waals surface area contributed by atoms with E-state index in [0.29, 0.717) is 11.7 Å². The molecule has 2 N–H and O–H groups in total. The molecule has 2 rings (SSSR count). The molecule has 1 aromatic carbocycles. The first-order valence-electron chi connectivity index (χ1n) is 7.74. The number of amides is 1. The van der Waals surface area contributed by atoms with Crippen LogP contribution in [0.2, 0.25) is 0 Å². The van der Waals surface area contributed by atoms with Gasteiger partial charge in [-0.15, -0.1) is 0 Å². The van der Waals surface area contributed by atoms with Crippen molar-refractivity contribution in [2.75, 3.05) is 31.8 Å². The number of rotatable bonds is 3. The van der Waals surface area contributed by atoms with Gasteiger partial charge in [-0.25, -0.2) is 0 Å². The molecule has 0 atom stereocenters. The van der Waals surface area contributed by atoms with Gasteiger partial charge in [-0.2, -0.15) is 0 Å². The number of nitrogens with zero attached hydrogens (tertiary/aromatic N) is 2. The Morgan fingerprint density at radius 1 is 1.14 bits per heavy atom. The van der Waals surface area contributed by atoms with Gasteiger partial charge in [-0.3, -0.25) is 4.79 Å². The number of nitrogens with two attached hydrogens (primary N) is 1. The van der Waals surface area contributed by atoms with E-state index in [9.17, 15) is 4.79 Å². The third-order valence-corrected chi connectivity index (χ3v) is 4.57. The lowest BCUT2D eigenvalue weighted by Gasteiger charge is -2.36. The molecule has 1 aromatic rings. The Morgan fingerprint density at radius 2 is 1.76 bits per heavy atom. The van der Waals surface area contributed by atoms with E-state index in [1.807, 2.05) is 12.1 Å². The van der Waals surface area contributed by atoms with Crippen molar-refractivity contribution in [3.63, 3.8) is 0 Å². The van der Waals surface area contributed by atoms with Crippen molar-refractivity contribution in [2.24, 2.45) is 5.92 Å². The van der Waals surface area contributed by atoms with Gasteiger partial charge >= 0.3 is 0 Å². The zero-order chi connectivity index (χ0) is 15.6. The summed E-state index contributed by atoms with van der Waals surface area (Å²) >= 11 is 0. The molecule has 116 valence electrons. The highest BCUT2D eigenvalue weighted by Gasteiger charge is 2.25. The zero-order valence-corrected chi connectivity index (χ0v) is 13.6. The van der Waals surface area contributed by atoms with E-state index < -0.39 is 0 Å². The summed E-state index contributed by atoms with van der Waals surface area (Å²) in [6, 6.07) is 6.07. The van der Waals surface area contributed by atoms with E-state index in [0.717, 1.165) is 17.2 Å². The maximum Gasteiger partial charge on any atom is 0.255 e. The summed E-state index contributed by atoms with van der Waals surface area (Å²) in [5.74, 6) is 0.847. The molecule has 1 aliphatic carbocycles. The molecule has 0 aromatic heterocycles. The Labute approximate surface area is 127 Å². The molecule has 0 radical (unpaired) electrons. The van der Waals surface area contributed by atoms with Gasteiger partial charge < -0.3 is 15.5 Å². The van der Waals surface area contributed by atoms with Crippen LogP contribution < -0.4 is 10.6 Å². The number of nitrogen functional groups attached to an aromatic ring is 1. The summed E-state index contributed by atoms with van der Waals surface area (Å²) in [4.78, 5) is 16.2. The van der Waals surface area contributed by atoms with Crippen LogP contribution in [0.4, 0.5) is 11.4 Å². The van der Waals surface area contributed by atoms with Crippen LogP contribution in [0, 0.1) is 5.92 Å². The normalized spacial score (nSPS) is 21.9. The highest BCUT2D eigenvalue weighted by Crippen LogP contribution is 2.32. The first kappa shape index (κ1) is 15.7. The van der Waals surface area contributed by atoms with Crippen molar-refractivity contribution in [1.29, 1.82) is 0 Å². The third-order valence-electron chi connectivity index (χ3n) is 4.57. The molecule has 1 amide bonds. The molecular formula is C17H27N3O. The summed E-state index contributed by atoms with van der Waals surface area (Å²) < 4.78 is 0. The maximum absolute atomic E-state index is 12.4. The van der Waals surface area contributed by atoms with Crippen LogP contribution in [-0.4, -0.2) is 38.0 Å². The number of carbonyl (C=O) groups is 1. The van der Waals surface area contributed by atoms with Crippen LogP contribution >= 0.6 is 0 Å². The summed E-state index contributed by atoms with van der Waals surface area (Å²) in [5, 5.41) is 0. The van der Waals surface area contributed by atoms with Crippen LogP contribution in [0.3, 0.4) is 0 Å². The Bertz CT molecular complexity index is 505. The van der Waals surface area contributed by atoms with Gasteiger partial charge in [-0.05, 0) is 49.8 Å². The molecule has 4 heteroatoms. The van der Waals surface area contributed by atoms with Gasteiger partial charge in [0.15, 0.2) is 0 Å². The Hall–Kier alpha value is -1.71. The smallest absolute Gasteiger partial charge is 0.255 e. The van der Waals surface area contributed by atoms with Gasteiger partial charge in [-0.1, -0.05) is 6.92 Å². The molecule has 1 aliphatic rings.